The lowest BCUT2D eigenvalue weighted by atomic mass is 9.57. The molecule has 0 radical (unpaired) electrons. The zero-order valence-corrected chi connectivity index (χ0v) is 41.9. The second-order valence-corrected chi connectivity index (χ2v) is 23.4. The van der Waals surface area contributed by atoms with Gasteiger partial charge in [-0.2, -0.15) is 9.97 Å². The number of nitrogens with zero attached hydrogens (tertiary/aromatic N) is 8. The summed E-state index contributed by atoms with van der Waals surface area (Å²) in [6.45, 7) is 14.9. The average molecular weight is 980 g/mol. The molecule has 72 heavy (non-hydrogen) atoms. The summed E-state index contributed by atoms with van der Waals surface area (Å²) in [5.41, 5.74) is 14.5. The molecule has 9 aliphatic rings. The molecule has 16 heteroatoms. The van der Waals surface area contributed by atoms with Crippen LogP contribution in [0.1, 0.15) is 104 Å². The number of hydrogen-bond donors (Lipinski definition) is 3. The molecular formula is C56H70FN11O4. The van der Waals surface area contributed by atoms with Crippen molar-refractivity contribution in [3.63, 3.8) is 0 Å². The number of likely N-dealkylation sites (tertiary alicyclic amines) is 1. The summed E-state index contributed by atoms with van der Waals surface area (Å²) in [5, 5.41) is 8.11. The minimum atomic E-state index is -0.590. The summed E-state index contributed by atoms with van der Waals surface area (Å²) in [6.07, 6.45) is 12.0. The third-order valence-corrected chi connectivity index (χ3v) is 18.5. The van der Waals surface area contributed by atoms with Crippen LogP contribution in [-0.2, 0) is 35.5 Å². The molecule has 2 unspecified atom stereocenters. The SMILES string of the molecule is CCc1c(F)ccc2cc(N)cc(N3CCc4c(nc(OCC5(CN6CCC7(CC6)CC(CN6CCN(c8ccc9c(c8)CN([C@H]8CCC(=O)NC8=O)C9=O)CC6)C7)CC5)nc4N4CC5CCC(C4)N5)C3)c12. The van der Waals surface area contributed by atoms with Crippen LogP contribution in [0.4, 0.5) is 27.3 Å². The van der Waals surface area contributed by atoms with Crippen LogP contribution in [0.2, 0.25) is 0 Å². The van der Waals surface area contributed by atoms with Gasteiger partial charge in [0.25, 0.3) is 5.91 Å². The number of carbonyl (C=O) groups is 3. The first-order chi connectivity index (χ1) is 35.0. The number of halogens is 1. The zero-order valence-electron chi connectivity index (χ0n) is 41.9. The Bertz CT molecular complexity index is 2800. The molecule has 2 bridgehead atoms. The molecule has 4 aromatic rings. The van der Waals surface area contributed by atoms with Gasteiger partial charge in [0.2, 0.25) is 11.8 Å². The van der Waals surface area contributed by atoms with E-state index in [0.29, 0.717) is 67.3 Å². The highest BCUT2D eigenvalue weighted by Gasteiger charge is 2.50. The largest absolute Gasteiger partial charge is 0.463 e. The Labute approximate surface area is 422 Å². The molecule has 2 saturated carbocycles. The number of aromatic nitrogens is 2. The number of piperazine rings is 2. The Balaban J connectivity index is 0.605. The minimum Gasteiger partial charge on any atom is -0.463 e. The van der Waals surface area contributed by atoms with Gasteiger partial charge in [-0.25, -0.2) is 4.39 Å². The number of hydrogen-bond acceptors (Lipinski definition) is 13. The number of nitrogen functional groups attached to an aromatic ring is 1. The predicted molar refractivity (Wildman–Crippen MR) is 276 cm³/mol. The molecule has 7 aliphatic heterocycles. The van der Waals surface area contributed by atoms with Gasteiger partial charge >= 0.3 is 6.01 Å². The molecule has 3 atom stereocenters. The van der Waals surface area contributed by atoms with Gasteiger partial charge in [0.1, 0.15) is 17.7 Å². The second-order valence-electron chi connectivity index (χ2n) is 23.4. The molecule has 5 saturated heterocycles. The topological polar surface area (TPSA) is 156 Å². The van der Waals surface area contributed by atoms with Crippen molar-refractivity contribution in [1.82, 2.24) is 35.3 Å². The molecule has 4 N–H and O–H groups in total. The van der Waals surface area contributed by atoms with Crippen LogP contribution < -0.4 is 35.8 Å². The van der Waals surface area contributed by atoms with Crippen molar-refractivity contribution in [2.75, 3.05) is 99.0 Å². The van der Waals surface area contributed by atoms with E-state index < -0.39 is 6.04 Å². The Hall–Kier alpha value is -5.58. The maximum absolute atomic E-state index is 15.3. The molecule has 15 nitrogen and oxygen atoms in total. The van der Waals surface area contributed by atoms with E-state index in [1.54, 1.807) is 11.0 Å². The molecule has 7 fully saturated rings. The summed E-state index contributed by atoms with van der Waals surface area (Å²) in [5.74, 6) is 0.876. The highest BCUT2D eigenvalue weighted by atomic mass is 19.1. The van der Waals surface area contributed by atoms with Crippen molar-refractivity contribution < 1.29 is 23.5 Å². The lowest BCUT2D eigenvalue weighted by Gasteiger charge is -2.54. The average Bonchev–Trinajstić information content (AvgIpc) is 3.95. The van der Waals surface area contributed by atoms with Crippen molar-refractivity contribution >= 4 is 51.4 Å². The quantitative estimate of drug-likeness (QED) is 0.118. The fourth-order valence-corrected chi connectivity index (χ4v) is 14.4. The first kappa shape index (κ1) is 46.2. The lowest BCUT2D eigenvalue weighted by molar-refractivity contribution is -0.136. The number of benzene rings is 3. The van der Waals surface area contributed by atoms with Crippen molar-refractivity contribution in [2.45, 2.75) is 115 Å². The van der Waals surface area contributed by atoms with Gasteiger partial charge in [-0.1, -0.05) is 13.0 Å². The van der Waals surface area contributed by atoms with Crippen molar-refractivity contribution in [3.05, 3.63) is 76.2 Å². The lowest BCUT2D eigenvalue weighted by Crippen LogP contribution is -2.53. The summed E-state index contributed by atoms with van der Waals surface area (Å²) in [7, 11) is 0. The molecule has 1 spiro atoms. The van der Waals surface area contributed by atoms with Crippen LogP contribution in [0, 0.1) is 22.6 Å². The maximum atomic E-state index is 15.3. The first-order valence-corrected chi connectivity index (χ1v) is 27.2. The van der Waals surface area contributed by atoms with E-state index in [0.717, 1.165) is 123 Å². The zero-order chi connectivity index (χ0) is 48.9. The third kappa shape index (κ3) is 8.62. The van der Waals surface area contributed by atoms with Gasteiger partial charge in [0, 0.05) is 123 Å². The number of amides is 3. The molecule has 1 aromatic heterocycles. The summed E-state index contributed by atoms with van der Waals surface area (Å²) in [6, 6.07) is 14.4. The molecule has 3 amide bonds. The van der Waals surface area contributed by atoms with Gasteiger partial charge in [0.15, 0.2) is 0 Å². The highest BCUT2D eigenvalue weighted by molar-refractivity contribution is 6.05. The van der Waals surface area contributed by atoms with Gasteiger partial charge in [-0.15, -0.1) is 0 Å². The number of aryl methyl sites for hydroxylation is 1. The predicted octanol–water partition coefficient (Wildman–Crippen LogP) is 5.65. The number of ether oxygens (including phenoxy) is 1. The third-order valence-electron chi connectivity index (χ3n) is 18.5. The smallest absolute Gasteiger partial charge is 0.318 e. The van der Waals surface area contributed by atoms with E-state index in [1.165, 1.54) is 63.5 Å². The van der Waals surface area contributed by atoms with Crippen LogP contribution >= 0.6 is 0 Å². The molecule has 13 rings (SSSR count). The van der Waals surface area contributed by atoms with Crippen molar-refractivity contribution in [1.29, 1.82) is 0 Å². The fourth-order valence-electron chi connectivity index (χ4n) is 14.4. The van der Waals surface area contributed by atoms with Crippen LogP contribution in [0.25, 0.3) is 10.8 Å². The molecular weight excluding hydrogens is 910 g/mol. The van der Waals surface area contributed by atoms with Crippen molar-refractivity contribution in [3.8, 4) is 6.01 Å². The van der Waals surface area contributed by atoms with E-state index in [1.807, 2.05) is 31.2 Å². The number of anilines is 4. The number of nitrogens with one attached hydrogen (secondary N) is 2. The van der Waals surface area contributed by atoms with E-state index >= 15 is 4.39 Å². The Morgan fingerprint density at radius 2 is 1.61 bits per heavy atom. The van der Waals surface area contributed by atoms with Crippen LogP contribution in [0.15, 0.2) is 42.5 Å². The minimum absolute atomic E-state index is 0.120. The normalized spacial score (nSPS) is 26.0. The van der Waals surface area contributed by atoms with Gasteiger partial charge < -0.3 is 40.3 Å². The summed E-state index contributed by atoms with van der Waals surface area (Å²) in [4.78, 5) is 62.2. The number of rotatable bonds is 12. The molecule has 8 heterocycles. The molecule has 380 valence electrons. The number of piperidine rings is 2. The van der Waals surface area contributed by atoms with Gasteiger partial charge in [0.05, 0.1) is 18.8 Å². The number of fused-ring (bicyclic) bond motifs is 5. The van der Waals surface area contributed by atoms with Crippen LogP contribution in [-0.4, -0.2) is 139 Å². The Morgan fingerprint density at radius 1 is 0.819 bits per heavy atom. The maximum Gasteiger partial charge on any atom is 0.318 e. The van der Waals surface area contributed by atoms with Crippen molar-refractivity contribution in [2.24, 2.45) is 16.7 Å². The first-order valence-electron chi connectivity index (χ1n) is 27.2. The van der Waals surface area contributed by atoms with Crippen LogP contribution in [0.5, 0.6) is 6.01 Å². The summed E-state index contributed by atoms with van der Waals surface area (Å²) < 4.78 is 22.0. The molecule has 3 aromatic carbocycles. The van der Waals surface area contributed by atoms with E-state index in [9.17, 15) is 14.4 Å². The number of carbonyl (C=O) groups excluding carboxylic acids is 3. The number of imide groups is 1. The van der Waals surface area contributed by atoms with E-state index in [2.05, 4.69) is 47.3 Å². The second kappa shape index (κ2) is 18.1. The highest BCUT2D eigenvalue weighted by Crippen LogP contribution is 2.54. The molecule has 2 aliphatic carbocycles. The van der Waals surface area contributed by atoms with E-state index in [-0.39, 0.29) is 35.4 Å². The monoisotopic (exact) mass is 980 g/mol. The van der Waals surface area contributed by atoms with E-state index in [4.69, 9.17) is 20.4 Å². The van der Waals surface area contributed by atoms with Crippen LogP contribution in [0.3, 0.4) is 0 Å². The number of nitrogens with two attached hydrogens (primary N) is 1. The Morgan fingerprint density at radius 3 is 2.36 bits per heavy atom. The van der Waals surface area contributed by atoms with Gasteiger partial charge in [-0.3, -0.25) is 24.6 Å². The Kier molecular flexibility index (Phi) is 11.6. The fraction of sp³-hybridized carbons (Fsp3) is 0.589. The van der Waals surface area contributed by atoms with Gasteiger partial charge in [-0.05, 0) is 148 Å². The summed E-state index contributed by atoms with van der Waals surface area (Å²) >= 11 is 0. The standard InChI is InChI=1S/C56H70FN11O4/c1-2-42-45(57)8-3-36-23-38(58)25-48(50(36)42)66-16-11-44-46(32-66)60-54(62-51(44)67-30-39-4-5-40(31-67)59-39)72-34-56(12-13-56)33-64-17-14-55(15-18-64)26-35(27-55)28-63-19-21-65(22-20-63)41-6-7-43-37(24-41)29-68(53(43)71)47-9-10-49(69)61-52(47)70/h3,6-8,23-25,35,39-40,47,59H,2,4-5,9-22,26-34,58H2,1H3,(H,61,69,70)/t39?,40?,47-/m0/s1.